The predicted octanol–water partition coefficient (Wildman–Crippen LogP) is -11.4. The topological polar surface area (TPSA) is 221 Å². The summed E-state index contributed by atoms with van der Waals surface area (Å²) in [7, 11) is -11.5. The van der Waals surface area contributed by atoms with Crippen molar-refractivity contribution in [1.29, 1.82) is 0 Å². The van der Waals surface area contributed by atoms with Crippen LogP contribution in [0.1, 0.15) is 12.1 Å². The molecule has 0 aliphatic carbocycles. The zero-order valence-corrected chi connectivity index (χ0v) is 25.7. The van der Waals surface area contributed by atoms with E-state index in [1.807, 2.05) is 0 Å². The number of nitrogen functional groups attached to an aromatic ring is 1. The van der Waals surface area contributed by atoms with Crippen LogP contribution >= 0.6 is 28.3 Å². The van der Waals surface area contributed by atoms with Crippen LogP contribution in [0.4, 0.5) is 5.82 Å². The fraction of sp³-hybridized carbons (Fsp3) is 0.545. The third-order valence-corrected chi connectivity index (χ3v) is 6.24. The number of hydrogen-bond donors (Lipinski definition) is 3. The molecule has 2 aromatic rings. The molecule has 1 fully saturated rings. The maximum atomic E-state index is 11.7. The number of hydrogen-bond acceptors (Lipinski definition) is 14. The van der Waals surface area contributed by atoms with E-state index in [9.17, 15) is 28.9 Å². The Hall–Kier alpha value is 1.88. The van der Waals surface area contributed by atoms with E-state index < -0.39 is 40.2 Å². The Balaban J connectivity index is 0.00000300. The smallest absolute Gasteiger partial charge is 0.790 e. The minimum atomic E-state index is -5.89. The van der Waals surface area contributed by atoms with Gasteiger partial charge in [-0.15, -0.1) is 0 Å². The SMILES string of the molecule is Cc1nc(N)c2ncn([C@@H]3O[C@H](CS)[C@@H](OP(=O)([O-])OP(=O)([O-])[O-])[C@H]3O)c2n1.[Na+].[Na+].[Na+]. The number of aryl methyl sites for hydroxylation is 1. The van der Waals surface area contributed by atoms with E-state index in [0.717, 1.165) is 0 Å². The summed E-state index contributed by atoms with van der Waals surface area (Å²) in [5.41, 5.74) is 6.21. The summed E-state index contributed by atoms with van der Waals surface area (Å²) in [5.74, 6) is 0.288. The van der Waals surface area contributed by atoms with Crippen LogP contribution in [0.25, 0.3) is 11.2 Å². The van der Waals surface area contributed by atoms with Gasteiger partial charge in [0.05, 0.1) is 20.3 Å². The third-order valence-electron chi connectivity index (χ3n) is 3.77. The largest absolute Gasteiger partial charge is 1.00 e. The van der Waals surface area contributed by atoms with Crippen molar-refractivity contribution in [2.75, 3.05) is 11.5 Å². The molecule has 3 heterocycles. The van der Waals surface area contributed by atoms with Gasteiger partial charge >= 0.3 is 88.7 Å². The normalized spacial score (nSPS) is 25.2. The summed E-state index contributed by atoms with van der Waals surface area (Å²) in [4.78, 5) is 45.0. The van der Waals surface area contributed by atoms with Gasteiger partial charge in [0.25, 0.3) is 7.82 Å². The Morgan fingerprint density at radius 2 is 1.90 bits per heavy atom. The summed E-state index contributed by atoms with van der Waals surface area (Å²) in [5, 5.41) is 10.5. The number of ether oxygens (including phenoxy) is 1. The first-order valence-corrected chi connectivity index (χ1v) is 11.1. The van der Waals surface area contributed by atoms with Crippen LogP contribution in [0.2, 0.25) is 0 Å². The van der Waals surface area contributed by atoms with Gasteiger partial charge < -0.3 is 39.3 Å². The van der Waals surface area contributed by atoms with Crippen LogP contribution < -0.4 is 109 Å². The third kappa shape index (κ3) is 7.94. The number of nitrogens with two attached hydrogens (primary N) is 1. The van der Waals surface area contributed by atoms with E-state index in [-0.39, 0.29) is 111 Å². The molecule has 0 saturated carbocycles. The molecule has 1 aliphatic heterocycles. The van der Waals surface area contributed by atoms with Crippen molar-refractivity contribution in [1.82, 2.24) is 19.5 Å². The van der Waals surface area contributed by atoms with E-state index in [1.165, 1.54) is 10.9 Å². The van der Waals surface area contributed by atoms with Gasteiger partial charge in [0, 0.05) is 5.75 Å². The first-order valence-electron chi connectivity index (χ1n) is 7.56. The van der Waals surface area contributed by atoms with E-state index in [0.29, 0.717) is 5.82 Å². The summed E-state index contributed by atoms with van der Waals surface area (Å²) in [6.45, 7) is 1.58. The molecular weight excluding hydrogens is 509 g/mol. The van der Waals surface area contributed by atoms with Crippen molar-refractivity contribution in [3.8, 4) is 0 Å². The number of imidazole rings is 1. The molecule has 3 rings (SSSR count). The second-order valence-corrected chi connectivity index (χ2v) is 8.78. The van der Waals surface area contributed by atoms with Crippen molar-refractivity contribution in [3.05, 3.63) is 12.2 Å². The number of nitrogens with zero attached hydrogens (tertiary/aromatic N) is 4. The van der Waals surface area contributed by atoms with Crippen LogP contribution in [0.3, 0.4) is 0 Å². The van der Waals surface area contributed by atoms with Crippen molar-refractivity contribution < 1.29 is 131 Å². The van der Waals surface area contributed by atoms with E-state index >= 15 is 0 Å². The molecule has 1 aliphatic rings. The Morgan fingerprint density at radius 3 is 2.45 bits per heavy atom. The van der Waals surface area contributed by atoms with Gasteiger partial charge in [0.1, 0.15) is 23.5 Å². The first kappa shape index (κ1) is 32.9. The number of phosphoric acid groups is 2. The van der Waals surface area contributed by atoms with Crippen LogP contribution in [-0.4, -0.2) is 48.7 Å². The summed E-state index contributed by atoms with van der Waals surface area (Å²) in [6, 6.07) is 0. The maximum Gasteiger partial charge on any atom is 1.00 e. The van der Waals surface area contributed by atoms with Crippen LogP contribution in [0, 0.1) is 6.92 Å². The average Bonchev–Trinajstić information content (AvgIpc) is 3.07. The molecule has 1 unspecified atom stereocenters. The van der Waals surface area contributed by atoms with Gasteiger partial charge in [-0.1, -0.05) is 0 Å². The van der Waals surface area contributed by atoms with E-state index in [1.54, 1.807) is 6.92 Å². The van der Waals surface area contributed by atoms with E-state index in [2.05, 4.69) is 36.4 Å². The van der Waals surface area contributed by atoms with Crippen molar-refractivity contribution >= 4 is 45.3 Å². The second kappa shape index (κ2) is 12.7. The number of aromatic nitrogens is 4. The number of aliphatic hydroxyl groups excluding tert-OH is 1. The van der Waals surface area contributed by atoms with Gasteiger partial charge in [-0.05, 0) is 6.92 Å². The molecule has 31 heavy (non-hydrogen) atoms. The minimum Gasteiger partial charge on any atom is -0.790 e. The maximum absolute atomic E-state index is 11.7. The number of fused-ring (bicyclic) bond motifs is 1. The molecule has 3 N–H and O–H groups in total. The van der Waals surface area contributed by atoms with Gasteiger partial charge in [-0.2, -0.15) is 12.6 Å². The number of rotatable bonds is 6. The molecule has 14 nitrogen and oxygen atoms in total. The molecule has 2 aromatic heterocycles. The van der Waals surface area contributed by atoms with E-state index in [4.69, 9.17) is 10.5 Å². The van der Waals surface area contributed by atoms with Crippen LogP contribution in [-0.2, 0) is 22.7 Å². The summed E-state index contributed by atoms with van der Waals surface area (Å²) < 4.78 is 37.1. The standard InChI is InChI=1S/C11H17N5O9P2S.3Na/c1-4-14-9(12)6-10(15-4)16(3-13-6)11-7(17)8(5(2-28)23-11)24-27(21,22)25-26(18,19)20;;;/h3,5,7-8,11,17,28H,2H2,1H3,(H,21,22)(H2,12,14,15)(H2,18,19,20);;;/q;3*+1/p-3/t5-,7-,8-,11-;;;/m1.../s1. The van der Waals surface area contributed by atoms with Gasteiger partial charge in [-0.3, -0.25) is 13.4 Å². The monoisotopic (exact) mass is 523 g/mol. The van der Waals surface area contributed by atoms with Crippen molar-refractivity contribution in [2.24, 2.45) is 0 Å². The number of thiol groups is 1. The fourth-order valence-corrected chi connectivity index (χ4v) is 4.74. The molecule has 0 spiro atoms. The summed E-state index contributed by atoms with van der Waals surface area (Å²) >= 11 is 4.00. The molecule has 0 radical (unpaired) electrons. The zero-order valence-electron chi connectivity index (χ0n) is 17.0. The zero-order chi connectivity index (χ0) is 20.9. The van der Waals surface area contributed by atoms with Crippen LogP contribution in [0.5, 0.6) is 0 Å². The molecule has 1 saturated heterocycles. The average molecular weight is 523 g/mol. The van der Waals surface area contributed by atoms with Crippen LogP contribution in [0.15, 0.2) is 6.33 Å². The molecule has 0 amide bonds. The Bertz CT molecular complexity index is 997. The molecule has 0 aromatic carbocycles. The number of phosphoric ester groups is 1. The molecule has 156 valence electrons. The summed E-state index contributed by atoms with van der Waals surface area (Å²) in [6.07, 6.45) is -4.35. The van der Waals surface area contributed by atoms with Crippen molar-refractivity contribution in [3.63, 3.8) is 0 Å². The fourth-order valence-electron chi connectivity index (χ4n) is 2.76. The predicted molar refractivity (Wildman–Crippen MR) is 89.4 cm³/mol. The molecule has 5 atom stereocenters. The molecule has 0 bridgehead atoms. The molecule has 20 heteroatoms. The number of aliphatic hydroxyl groups is 1. The first-order chi connectivity index (χ1) is 12.9. The van der Waals surface area contributed by atoms with Gasteiger partial charge in [0.2, 0.25) is 0 Å². The van der Waals surface area contributed by atoms with Crippen molar-refractivity contribution in [2.45, 2.75) is 31.5 Å². The van der Waals surface area contributed by atoms with Gasteiger partial charge in [0.15, 0.2) is 17.7 Å². The minimum absolute atomic E-state index is 0. The Labute approximate surface area is 248 Å². The number of anilines is 1. The molecular formula is C11H14N5Na3O9P2S. The van der Waals surface area contributed by atoms with Gasteiger partial charge in [-0.25, -0.2) is 15.0 Å². The Morgan fingerprint density at radius 1 is 1.29 bits per heavy atom. The Kier molecular flexibility index (Phi) is 13.5. The second-order valence-electron chi connectivity index (χ2n) is 5.76. The quantitative estimate of drug-likeness (QED) is 0.182.